The van der Waals surface area contributed by atoms with E-state index in [0.29, 0.717) is 24.3 Å². The average molecular weight is 569 g/mol. The summed E-state index contributed by atoms with van der Waals surface area (Å²) in [6, 6.07) is 17.5. The lowest BCUT2D eigenvalue weighted by atomic mass is 9.72. The van der Waals surface area contributed by atoms with Gasteiger partial charge in [0.2, 0.25) is 5.88 Å². The molecule has 1 aromatic heterocycles. The van der Waals surface area contributed by atoms with Gasteiger partial charge in [0.05, 0.1) is 19.9 Å². The number of rotatable bonds is 9. The van der Waals surface area contributed by atoms with E-state index in [4.69, 9.17) is 9.47 Å². The Bertz CT molecular complexity index is 1090. The molecule has 2 aromatic carbocycles. The molecule has 2 aliphatic rings. The molecule has 0 amide bonds. The predicted octanol–water partition coefficient (Wildman–Crippen LogP) is 5.85. The van der Waals surface area contributed by atoms with Crippen LogP contribution in [-0.2, 0) is 13.0 Å². The summed E-state index contributed by atoms with van der Waals surface area (Å²) < 4.78 is 12.7. The van der Waals surface area contributed by atoms with Gasteiger partial charge < -0.3 is 9.47 Å². The van der Waals surface area contributed by atoms with Crippen molar-refractivity contribution >= 4 is 22.6 Å². The molecule has 2 fully saturated rings. The van der Waals surface area contributed by atoms with Crippen LogP contribution in [0.1, 0.15) is 53.9 Å². The fourth-order valence-electron chi connectivity index (χ4n) is 5.10. The Labute approximate surface area is 216 Å². The number of hydrogen-bond acceptors (Lipinski definition) is 5. The summed E-state index contributed by atoms with van der Waals surface area (Å²) in [5.74, 6) is 2.73. The number of benzene rings is 2. The van der Waals surface area contributed by atoms with E-state index in [1.54, 1.807) is 13.3 Å². The maximum absolute atomic E-state index is 6.03. The number of aromatic nitrogens is 2. The lowest BCUT2D eigenvalue weighted by Gasteiger charge is -2.35. The molecule has 1 saturated carbocycles. The van der Waals surface area contributed by atoms with Crippen LogP contribution in [0.25, 0.3) is 0 Å². The van der Waals surface area contributed by atoms with Gasteiger partial charge in [-0.2, -0.15) is 5.10 Å². The van der Waals surface area contributed by atoms with Gasteiger partial charge in [-0.05, 0) is 114 Å². The Morgan fingerprint density at radius 2 is 1.79 bits per heavy atom. The highest BCUT2D eigenvalue weighted by Gasteiger charge is 2.31. The summed E-state index contributed by atoms with van der Waals surface area (Å²) >= 11 is 2.33. The van der Waals surface area contributed by atoms with Crippen LogP contribution in [-0.4, -0.2) is 41.9 Å². The lowest BCUT2D eigenvalue weighted by molar-refractivity contribution is 0.153. The highest BCUT2D eigenvalue weighted by Crippen LogP contribution is 2.41. The first kappa shape index (κ1) is 23.5. The van der Waals surface area contributed by atoms with Crippen molar-refractivity contribution in [1.82, 2.24) is 15.1 Å². The maximum Gasteiger partial charge on any atom is 0.233 e. The summed E-state index contributed by atoms with van der Waals surface area (Å²) in [7, 11) is 1.71. The molecule has 0 atom stereocenters. The minimum Gasteiger partial charge on any atom is -0.496 e. The zero-order valence-electron chi connectivity index (χ0n) is 19.8. The van der Waals surface area contributed by atoms with Gasteiger partial charge >= 0.3 is 0 Å². The Hall–Kier alpha value is -2.19. The second kappa shape index (κ2) is 11.0. The first-order valence-corrected chi connectivity index (χ1v) is 13.3. The zero-order valence-corrected chi connectivity index (χ0v) is 21.9. The monoisotopic (exact) mass is 569 g/mol. The molecule has 1 saturated heterocycles. The molecule has 0 unspecified atom stereocenters. The Balaban J connectivity index is 1.10. The average Bonchev–Trinajstić information content (AvgIpc) is 3.33. The summed E-state index contributed by atoms with van der Waals surface area (Å²) in [4.78, 5) is 2.56. The van der Waals surface area contributed by atoms with Crippen LogP contribution >= 0.6 is 22.6 Å². The Morgan fingerprint density at radius 1 is 1.00 bits per heavy atom. The zero-order chi connectivity index (χ0) is 23.3. The van der Waals surface area contributed by atoms with Crippen LogP contribution in [0.15, 0.2) is 54.7 Å². The molecular weight excluding hydrogens is 537 g/mol. The predicted molar refractivity (Wildman–Crippen MR) is 142 cm³/mol. The molecule has 2 heterocycles. The minimum absolute atomic E-state index is 0.579. The van der Waals surface area contributed by atoms with Crippen LogP contribution < -0.4 is 9.47 Å². The van der Waals surface area contributed by atoms with E-state index in [9.17, 15) is 0 Å². The van der Waals surface area contributed by atoms with Crippen LogP contribution in [0, 0.1) is 9.49 Å². The van der Waals surface area contributed by atoms with Gasteiger partial charge in [-0.3, -0.25) is 4.90 Å². The second-order valence-electron chi connectivity index (χ2n) is 9.61. The van der Waals surface area contributed by atoms with Crippen LogP contribution in [0.5, 0.6) is 11.6 Å². The summed E-state index contributed by atoms with van der Waals surface area (Å²) in [6.45, 7) is 4.30. The number of nitrogens with zero attached hydrogens (tertiary/aromatic N) is 3. The molecule has 6 heteroatoms. The Kier molecular flexibility index (Phi) is 7.64. The van der Waals surface area contributed by atoms with E-state index in [-0.39, 0.29) is 0 Å². The molecule has 5 rings (SSSR count). The van der Waals surface area contributed by atoms with Gasteiger partial charge in [-0.1, -0.05) is 24.3 Å². The van der Waals surface area contributed by atoms with Crippen molar-refractivity contribution in [2.45, 2.75) is 44.6 Å². The summed E-state index contributed by atoms with van der Waals surface area (Å²) in [5.41, 5.74) is 5.12. The third-order valence-electron chi connectivity index (χ3n) is 7.08. The number of likely N-dealkylation sites (tertiary alicyclic amines) is 1. The van der Waals surface area contributed by atoms with Crippen LogP contribution in [0.4, 0.5) is 0 Å². The smallest absolute Gasteiger partial charge is 0.233 e. The number of hydrogen-bond donors (Lipinski definition) is 0. The van der Waals surface area contributed by atoms with E-state index >= 15 is 0 Å². The van der Waals surface area contributed by atoms with E-state index in [1.165, 1.54) is 53.5 Å². The maximum atomic E-state index is 6.03. The molecule has 34 heavy (non-hydrogen) atoms. The topological polar surface area (TPSA) is 47.5 Å². The SMILES string of the molecule is COc1ccc(I)cc1Cc1cnnc(OCC2CC(c3ccc(CN4CCCC4)cc3)C2)c1. The Morgan fingerprint density at radius 3 is 2.56 bits per heavy atom. The number of methoxy groups -OCH3 is 1. The molecule has 0 spiro atoms. The van der Waals surface area contributed by atoms with Crippen molar-refractivity contribution in [3.63, 3.8) is 0 Å². The molecule has 0 N–H and O–H groups in total. The first-order valence-electron chi connectivity index (χ1n) is 12.2. The molecule has 0 bridgehead atoms. The highest BCUT2D eigenvalue weighted by atomic mass is 127. The van der Waals surface area contributed by atoms with E-state index < -0.39 is 0 Å². The van der Waals surface area contributed by atoms with E-state index in [2.05, 4.69) is 74.1 Å². The van der Waals surface area contributed by atoms with Crippen molar-refractivity contribution in [2.24, 2.45) is 5.92 Å². The van der Waals surface area contributed by atoms with Crippen molar-refractivity contribution in [3.8, 4) is 11.6 Å². The molecule has 0 radical (unpaired) electrons. The third-order valence-corrected chi connectivity index (χ3v) is 7.76. The molecule has 5 nitrogen and oxygen atoms in total. The van der Waals surface area contributed by atoms with Crippen molar-refractivity contribution in [1.29, 1.82) is 0 Å². The molecule has 1 aliphatic carbocycles. The fourth-order valence-corrected chi connectivity index (χ4v) is 5.65. The molecular formula is C28H32IN3O2. The van der Waals surface area contributed by atoms with Crippen molar-refractivity contribution in [2.75, 3.05) is 26.8 Å². The van der Waals surface area contributed by atoms with Crippen molar-refractivity contribution < 1.29 is 9.47 Å². The van der Waals surface area contributed by atoms with Gasteiger partial charge in [-0.15, -0.1) is 5.10 Å². The van der Waals surface area contributed by atoms with E-state index in [0.717, 1.165) is 29.8 Å². The summed E-state index contributed by atoms with van der Waals surface area (Å²) in [6.07, 6.45) is 7.60. The fraction of sp³-hybridized carbons (Fsp3) is 0.429. The van der Waals surface area contributed by atoms with Gasteiger partial charge in [0, 0.05) is 22.6 Å². The van der Waals surface area contributed by atoms with Gasteiger partial charge in [0.15, 0.2) is 0 Å². The molecule has 3 aromatic rings. The highest BCUT2D eigenvalue weighted by molar-refractivity contribution is 14.1. The van der Waals surface area contributed by atoms with Gasteiger partial charge in [0.25, 0.3) is 0 Å². The quantitative estimate of drug-likeness (QED) is 0.303. The normalized spacial score (nSPS) is 20.2. The van der Waals surface area contributed by atoms with E-state index in [1.807, 2.05) is 12.1 Å². The van der Waals surface area contributed by atoms with Crippen molar-refractivity contribution in [3.05, 3.63) is 80.6 Å². The minimum atomic E-state index is 0.579. The molecule has 178 valence electrons. The lowest BCUT2D eigenvalue weighted by Crippen LogP contribution is -2.27. The second-order valence-corrected chi connectivity index (χ2v) is 10.9. The van der Waals surface area contributed by atoms with Gasteiger partial charge in [-0.25, -0.2) is 0 Å². The van der Waals surface area contributed by atoms with Crippen LogP contribution in [0.2, 0.25) is 0 Å². The standard InChI is InChI=1S/C28H32IN3O2/c1-33-27-9-8-26(29)16-25(27)12-21-15-28(31-30-17-21)34-19-22-13-24(14-22)23-6-4-20(5-7-23)18-32-10-2-3-11-32/h4-9,15-17,22,24H,2-3,10-14,18-19H2,1H3. The third kappa shape index (κ3) is 5.89. The number of halogens is 1. The molecule has 1 aliphatic heterocycles. The van der Waals surface area contributed by atoms with Crippen LogP contribution in [0.3, 0.4) is 0 Å². The summed E-state index contributed by atoms with van der Waals surface area (Å²) in [5, 5.41) is 8.36. The van der Waals surface area contributed by atoms with Gasteiger partial charge in [0.1, 0.15) is 5.75 Å². The largest absolute Gasteiger partial charge is 0.496 e. The number of ether oxygens (including phenoxy) is 2. The first-order chi connectivity index (χ1) is 16.7.